The summed E-state index contributed by atoms with van der Waals surface area (Å²) in [4.78, 5) is 13.7. The number of nitrogens with zero attached hydrogens (tertiary/aromatic N) is 1. The van der Waals surface area contributed by atoms with Crippen molar-refractivity contribution in [2.75, 3.05) is 11.9 Å². The third-order valence-electron chi connectivity index (χ3n) is 6.70. The fourth-order valence-electron chi connectivity index (χ4n) is 4.70. The van der Waals surface area contributed by atoms with Crippen LogP contribution < -0.4 is 4.90 Å². The highest BCUT2D eigenvalue weighted by atomic mass is 16.2. The Morgan fingerprint density at radius 3 is 2.03 bits per heavy atom. The molecule has 2 heteroatoms. The van der Waals surface area contributed by atoms with Crippen LogP contribution in [0.4, 0.5) is 5.69 Å². The van der Waals surface area contributed by atoms with Crippen molar-refractivity contribution in [3.8, 4) is 11.1 Å². The maximum Gasteiger partial charge on any atom is 0.253 e. The van der Waals surface area contributed by atoms with Gasteiger partial charge in [0.15, 0.2) is 0 Å². The Bertz CT molecular complexity index is 826. The molecule has 3 rings (SSSR count). The molecule has 1 fully saturated rings. The van der Waals surface area contributed by atoms with Crippen LogP contribution in [0.3, 0.4) is 0 Å². The van der Waals surface area contributed by atoms with E-state index in [1.807, 2.05) is 12.1 Å². The molecule has 0 aromatic heterocycles. The van der Waals surface area contributed by atoms with E-state index in [2.05, 4.69) is 49.9 Å². The molecule has 2 aromatic carbocycles. The number of carbonyl (C=O) groups excluding carboxylic acids is 1. The zero-order valence-corrected chi connectivity index (χ0v) is 19.0. The summed E-state index contributed by atoms with van der Waals surface area (Å²) < 4.78 is 0. The molecule has 1 aliphatic rings. The average molecular weight is 404 g/mol. The van der Waals surface area contributed by atoms with Crippen molar-refractivity contribution < 1.29 is 4.79 Å². The summed E-state index contributed by atoms with van der Waals surface area (Å²) in [6.45, 7) is 7.78. The molecule has 1 aliphatic carbocycles. The molecule has 0 unspecified atom stereocenters. The van der Waals surface area contributed by atoms with Crippen molar-refractivity contribution >= 4 is 11.6 Å². The molecule has 2 aromatic rings. The number of amides is 1. The molecule has 1 saturated carbocycles. The van der Waals surface area contributed by atoms with E-state index in [9.17, 15) is 4.79 Å². The van der Waals surface area contributed by atoms with E-state index in [4.69, 9.17) is 0 Å². The Morgan fingerprint density at radius 1 is 0.933 bits per heavy atom. The second kappa shape index (κ2) is 10.6. The highest BCUT2D eigenvalue weighted by molar-refractivity contribution is 6.04. The highest BCUT2D eigenvalue weighted by Gasteiger charge is 2.22. The third-order valence-corrected chi connectivity index (χ3v) is 6.70. The van der Waals surface area contributed by atoms with Gasteiger partial charge in [-0.3, -0.25) is 4.79 Å². The minimum absolute atomic E-state index is 0.0489. The lowest BCUT2D eigenvalue weighted by molar-refractivity contribution is -0.114. The first-order valence-electron chi connectivity index (χ1n) is 11.6. The smallest absolute Gasteiger partial charge is 0.253 e. The molecule has 0 aliphatic heterocycles. The Hall–Kier alpha value is -2.35. The molecule has 0 atom stereocenters. The van der Waals surface area contributed by atoms with Crippen LogP contribution in [-0.2, 0) is 4.79 Å². The van der Waals surface area contributed by atoms with Crippen LogP contribution >= 0.6 is 0 Å². The van der Waals surface area contributed by atoms with Gasteiger partial charge in [-0.25, -0.2) is 0 Å². The lowest BCUT2D eigenvalue weighted by Crippen LogP contribution is -2.26. The number of likely N-dealkylation sites (N-methyl/N-ethyl adjacent to an activating group) is 1. The summed E-state index contributed by atoms with van der Waals surface area (Å²) in [6.07, 6.45) is 11.0. The Kier molecular flexibility index (Phi) is 7.90. The van der Waals surface area contributed by atoms with E-state index >= 15 is 0 Å². The predicted octanol–water partition coefficient (Wildman–Crippen LogP) is 7.75. The Morgan fingerprint density at radius 2 is 1.50 bits per heavy atom. The van der Waals surface area contributed by atoms with Crippen molar-refractivity contribution in [3.63, 3.8) is 0 Å². The van der Waals surface area contributed by atoms with Gasteiger partial charge in [-0.2, -0.15) is 0 Å². The average Bonchev–Trinajstić information content (AvgIpc) is 2.79. The minimum atomic E-state index is -0.0489. The minimum Gasteiger partial charge on any atom is -0.312 e. The van der Waals surface area contributed by atoms with Gasteiger partial charge in [0.1, 0.15) is 0 Å². The van der Waals surface area contributed by atoms with Crippen molar-refractivity contribution in [2.24, 2.45) is 5.92 Å². The molecule has 160 valence electrons. The van der Waals surface area contributed by atoms with E-state index in [1.54, 1.807) is 18.9 Å². The summed E-state index contributed by atoms with van der Waals surface area (Å²) in [5.74, 6) is 1.64. The van der Waals surface area contributed by atoms with Crippen LogP contribution in [0.25, 0.3) is 11.1 Å². The van der Waals surface area contributed by atoms with E-state index < -0.39 is 0 Å². The standard InChI is InChI=1S/C28H37NO/c1-5-6-7-8-22-9-11-23(12-10-22)24-13-15-25(16-14-24)26-17-19-27(20-18-26)29(4)28(30)21(2)3/h13-20,22-23H,2,5-12H2,1,3-4H3. The van der Waals surface area contributed by atoms with Crippen molar-refractivity contribution in [2.45, 2.75) is 71.1 Å². The summed E-state index contributed by atoms with van der Waals surface area (Å²) >= 11 is 0. The molecular formula is C28H37NO. The van der Waals surface area contributed by atoms with Gasteiger partial charge in [-0.15, -0.1) is 0 Å². The number of hydrogen-bond acceptors (Lipinski definition) is 1. The second-order valence-corrected chi connectivity index (χ2v) is 9.03. The molecule has 1 amide bonds. The summed E-state index contributed by atoms with van der Waals surface area (Å²) in [7, 11) is 1.79. The van der Waals surface area contributed by atoms with Crippen LogP contribution in [-0.4, -0.2) is 13.0 Å². The molecule has 0 bridgehead atoms. The monoisotopic (exact) mass is 403 g/mol. The normalized spacial score (nSPS) is 18.8. The van der Waals surface area contributed by atoms with Crippen LogP contribution in [0.1, 0.15) is 76.7 Å². The molecule has 30 heavy (non-hydrogen) atoms. The molecule has 0 heterocycles. The van der Waals surface area contributed by atoms with Gasteiger partial charge in [0, 0.05) is 18.3 Å². The number of unbranched alkanes of at least 4 members (excludes halogenated alkanes) is 2. The summed E-state index contributed by atoms with van der Waals surface area (Å²) in [6, 6.07) is 17.3. The lowest BCUT2D eigenvalue weighted by atomic mass is 9.77. The first kappa shape index (κ1) is 22.3. The number of benzene rings is 2. The van der Waals surface area contributed by atoms with Gasteiger partial charge in [0.25, 0.3) is 5.91 Å². The largest absolute Gasteiger partial charge is 0.312 e. The number of anilines is 1. The van der Waals surface area contributed by atoms with Gasteiger partial charge in [0.05, 0.1) is 0 Å². The molecule has 0 radical (unpaired) electrons. The molecule has 0 N–H and O–H groups in total. The molecule has 0 saturated heterocycles. The van der Waals surface area contributed by atoms with E-state index in [1.165, 1.54) is 68.1 Å². The first-order chi connectivity index (χ1) is 14.5. The van der Waals surface area contributed by atoms with Crippen LogP contribution in [0.2, 0.25) is 0 Å². The number of hydrogen-bond donors (Lipinski definition) is 0. The maximum atomic E-state index is 12.1. The van der Waals surface area contributed by atoms with Crippen molar-refractivity contribution in [1.29, 1.82) is 0 Å². The Labute approximate surface area is 183 Å². The zero-order chi connectivity index (χ0) is 21.5. The van der Waals surface area contributed by atoms with Gasteiger partial charge >= 0.3 is 0 Å². The van der Waals surface area contributed by atoms with Gasteiger partial charge < -0.3 is 4.90 Å². The van der Waals surface area contributed by atoms with E-state index in [0.717, 1.165) is 17.5 Å². The molecule has 2 nitrogen and oxygen atoms in total. The zero-order valence-electron chi connectivity index (χ0n) is 19.0. The van der Waals surface area contributed by atoms with Crippen LogP contribution in [0.15, 0.2) is 60.7 Å². The molecular weight excluding hydrogens is 366 g/mol. The summed E-state index contributed by atoms with van der Waals surface area (Å²) in [5.41, 5.74) is 5.34. The van der Waals surface area contributed by atoms with Crippen molar-refractivity contribution in [3.05, 3.63) is 66.2 Å². The van der Waals surface area contributed by atoms with Gasteiger partial charge in [0.2, 0.25) is 0 Å². The second-order valence-electron chi connectivity index (χ2n) is 9.03. The van der Waals surface area contributed by atoms with E-state index in [0.29, 0.717) is 5.57 Å². The van der Waals surface area contributed by atoms with Gasteiger partial charge in [-0.05, 0) is 73.3 Å². The predicted molar refractivity (Wildman–Crippen MR) is 129 cm³/mol. The highest BCUT2D eigenvalue weighted by Crippen LogP contribution is 2.38. The van der Waals surface area contributed by atoms with Gasteiger partial charge in [-0.1, -0.05) is 75.6 Å². The van der Waals surface area contributed by atoms with Crippen LogP contribution in [0.5, 0.6) is 0 Å². The quantitative estimate of drug-likeness (QED) is 0.326. The maximum absolute atomic E-state index is 12.1. The number of carbonyl (C=O) groups is 1. The van der Waals surface area contributed by atoms with Crippen molar-refractivity contribution in [1.82, 2.24) is 0 Å². The third kappa shape index (κ3) is 5.62. The fraction of sp³-hybridized carbons (Fsp3) is 0.464. The topological polar surface area (TPSA) is 20.3 Å². The SMILES string of the molecule is C=C(C)C(=O)N(C)c1ccc(-c2ccc(C3CCC(CCCCC)CC3)cc2)cc1. The lowest BCUT2D eigenvalue weighted by Gasteiger charge is -2.29. The number of rotatable bonds is 8. The van der Waals surface area contributed by atoms with Crippen LogP contribution in [0, 0.1) is 5.92 Å². The fourth-order valence-corrected chi connectivity index (χ4v) is 4.70. The molecule has 0 spiro atoms. The van der Waals surface area contributed by atoms with E-state index in [-0.39, 0.29) is 5.91 Å². The Balaban J connectivity index is 1.58. The first-order valence-corrected chi connectivity index (χ1v) is 11.6. The summed E-state index contributed by atoms with van der Waals surface area (Å²) in [5, 5.41) is 0.